The molecular weight excluding hydrogens is 353 g/mol. The predicted octanol–water partition coefficient (Wildman–Crippen LogP) is 3.25. The summed E-state index contributed by atoms with van der Waals surface area (Å²) in [6, 6.07) is 17.0. The predicted molar refractivity (Wildman–Crippen MR) is 111 cm³/mol. The summed E-state index contributed by atoms with van der Waals surface area (Å²) in [6.07, 6.45) is 0.920. The molecule has 2 aromatic rings. The molecule has 1 aliphatic rings. The van der Waals surface area contributed by atoms with Crippen LogP contribution in [-0.4, -0.2) is 55.0 Å². The van der Waals surface area contributed by atoms with E-state index in [0.717, 1.165) is 38.3 Å². The number of hydrogen-bond donors (Lipinski definition) is 1. The summed E-state index contributed by atoms with van der Waals surface area (Å²) >= 11 is 0. The first-order valence-electron chi connectivity index (χ1n) is 10.2. The minimum absolute atomic E-state index is 0.0115. The third kappa shape index (κ3) is 5.88. The average molecular weight is 384 g/mol. The van der Waals surface area contributed by atoms with Crippen LogP contribution in [0.5, 0.6) is 0 Å². The lowest BCUT2D eigenvalue weighted by molar-refractivity contribution is -0.121. The van der Waals surface area contributed by atoms with E-state index in [0.29, 0.717) is 19.4 Å². The SMILES string of the molecule is CCN1CCN(C(CNC(=O)CCc2cccc(F)c2)c2ccccc2)CC1. The Labute approximate surface area is 167 Å². The number of nitrogens with one attached hydrogen (secondary N) is 1. The van der Waals surface area contributed by atoms with Gasteiger partial charge in [-0.2, -0.15) is 0 Å². The molecule has 0 aliphatic carbocycles. The van der Waals surface area contributed by atoms with Crippen molar-refractivity contribution >= 4 is 5.91 Å². The number of nitrogens with zero attached hydrogens (tertiary/aromatic N) is 2. The summed E-state index contributed by atoms with van der Waals surface area (Å²) in [5.41, 5.74) is 2.09. The van der Waals surface area contributed by atoms with E-state index >= 15 is 0 Å². The van der Waals surface area contributed by atoms with Crippen LogP contribution in [0, 0.1) is 5.82 Å². The van der Waals surface area contributed by atoms with Gasteiger partial charge in [0.05, 0.1) is 6.04 Å². The van der Waals surface area contributed by atoms with Crippen LogP contribution < -0.4 is 5.32 Å². The maximum absolute atomic E-state index is 13.3. The second kappa shape index (κ2) is 10.3. The molecule has 1 fully saturated rings. The molecule has 2 aromatic carbocycles. The van der Waals surface area contributed by atoms with Gasteiger partial charge in [0.15, 0.2) is 0 Å². The zero-order chi connectivity index (χ0) is 19.8. The van der Waals surface area contributed by atoms with E-state index in [-0.39, 0.29) is 17.8 Å². The Kier molecular flexibility index (Phi) is 7.57. The van der Waals surface area contributed by atoms with Crippen molar-refractivity contribution in [3.63, 3.8) is 0 Å². The Balaban J connectivity index is 1.56. The van der Waals surface area contributed by atoms with Gasteiger partial charge in [0.25, 0.3) is 0 Å². The largest absolute Gasteiger partial charge is 0.354 e. The molecular formula is C23H30FN3O. The molecule has 1 aliphatic heterocycles. The highest BCUT2D eigenvalue weighted by atomic mass is 19.1. The molecule has 1 unspecified atom stereocenters. The van der Waals surface area contributed by atoms with E-state index in [1.54, 1.807) is 6.07 Å². The van der Waals surface area contributed by atoms with Gasteiger partial charge in [0, 0.05) is 39.1 Å². The summed E-state index contributed by atoms with van der Waals surface area (Å²) in [7, 11) is 0. The molecule has 1 amide bonds. The van der Waals surface area contributed by atoms with E-state index in [9.17, 15) is 9.18 Å². The van der Waals surface area contributed by atoms with Gasteiger partial charge >= 0.3 is 0 Å². The van der Waals surface area contributed by atoms with Crippen molar-refractivity contribution < 1.29 is 9.18 Å². The third-order valence-corrected chi connectivity index (χ3v) is 5.50. The lowest BCUT2D eigenvalue weighted by Gasteiger charge is -2.39. The highest BCUT2D eigenvalue weighted by Crippen LogP contribution is 2.21. The fraction of sp³-hybridized carbons (Fsp3) is 0.435. The maximum Gasteiger partial charge on any atom is 0.220 e. The molecule has 4 nitrogen and oxygen atoms in total. The standard InChI is InChI=1S/C23H30FN3O/c1-2-26-13-15-27(16-14-26)22(20-8-4-3-5-9-20)18-25-23(28)12-11-19-7-6-10-21(24)17-19/h3-10,17,22H,2,11-16,18H2,1H3,(H,25,28). The van der Waals surface area contributed by atoms with E-state index < -0.39 is 0 Å². The van der Waals surface area contributed by atoms with Gasteiger partial charge in [-0.05, 0) is 36.2 Å². The van der Waals surface area contributed by atoms with Gasteiger partial charge in [-0.1, -0.05) is 49.4 Å². The van der Waals surface area contributed by atoms with Crippen LogP contribution in [0.4, 0.5) is 4.39 Å². The van der Waals surface area contributed by atoms with Crippen molar-refractivity contribution in [1.29, 1.82) is 0 Å². The number of carbonyl (C=O) groups is 1. The van der Waals surface area contributed by atoms with Crippen LogP contribution in [0.2, 0.25) is 0 Å². The third-order valence-electron chi connectivity index (χ3n) is 5.50. The Bertz CT molecular complexity index is 745. The van der Waals surface area contributed by atoms with Crippen LogP contribution in [0.3, 0.4) is 0 Å². The van der Waals surface area contributed by atoms with Crippen LogP contribution >= 0.6 is 0 Å². The Morgan fingerprint density at radius 1 is 1.07 bits per heavy atom. The molecule has 1 heterocycles. The van der Waals surface area contributed by atoms with E-state index in [1.165, 1.54) is 17.7 Å². The molecule has 1 saturated heterocycles. The minimum atomic E-state index is -0.256. The van der Waals surface area contributed by atoms with Crippen molar-refractivity contribution in [1.82, 2.24) is 15.1 Å². The van der Waals surface area contributed by atoms with Crippen LogP contribution in [0.15, 0.2) is 54.6 Å². The maximum atomic E-state index is 13.3. The summed E-state index contributed by atoms with van der Waals surface area (Å²) in [5, 5.41) is 3.10. The lowest BCUT2D eigenvalue weighted by atomic mass is 10.0. The number of rotatable bonds is 8. The van der Waals surface area contributed by atoms with Gasteiger partial charge in [0.1, 0.15) is 5.82 Å². The Morgan fingerprint density at radius 2 is 1.82 bits per heavy atom. The topological polar surface area (TPSA) is 35.6 Å². The van der Waals surface area contributed by atoms with Gasteiger partial charge in [-0.15, -0.1) is 0 Å². The van der Waals surface area contributed by atoms with E-state index in [4.69, 9.17) is 0 Å². The fourth-order valence-electron chi connectivity index (χ4n) is 3.77. The number of benzene rings is 2. The van der Waals surface area contributed by atoms with Crippen LogP contribution in [0.1, 0.15) is 30.5 Å². The number of hydrogen-bond acceptors (Lipinski definition) is 3. The quantitative estimate of drug-likeness (QED) is 0.760. The lowest BCUT2D eigenvalue weighted by Crippen LogP contribution is -2.49. The zero-order valence-electron chi connectivity index (χ0n) is 16.6. The first kappa shape index (κ1) is 20.5. The minimum Gasteiger partial charge on any atom is -0.354 e. The molecule has 28 heavy (non-hydrogen) atoms. The van der Waals surface area contributed by atoms with Crippen molar-refractivity contribution in [2.45, 2.75) is 25.8 Å². The summed E-state index contributed by atoms with van der Waals surface area (Å²) in [5.74, 6) is -0.245. The molecule has 0 bridgehead atoms. The molecule has 0 saturated carbocycles. The molecule has 0 radical (unpaired) electrons. The first-order chi connectivity index (χ1) is 13.7. The van der Waals surface area contributed by atoms with Crippen molar-refractivity contribution in [3.05, 3.63) is 71.5 Å². The smallest absolute Gasteiger partial charge is 0.220 e. The normalized spacial score (nSPS) is 16.6. The summed E-state index contributed by atoms with van der Waals surface area (Å²) < 4.78 is 13.3. The monoisotopic (exact) mass is 383 g/mol. The fourth-order valence-corrected chi connectivity index (χ4v) is 3.77. The van der Waals surface area contributed by atoms with Gasteiger partial charge < -0.3 is 10.2 Å². The van der Waals surface area contributed by atoms with Gasteiger partial charge in [-0.3, -0.25) is 9.69 Å². The Hall–Kier alpha value is -2.24. The number of carbonyl (C=O) groups excluding carboxylic acids is 1. The molecule has 5 heteroatoms. The van der Waals surface area contributed by atoms with Crippen LogP contribution in [-0.2, 0) is 11.2 Å². The first-order valence-corrected chi connectivity index (χ1v) is 10.2. The summed E-state index contributed by atoms with van der Waals surface area (Å²) in [4.78, 5) is 17.3. The number of piperazine rings is 1. The van der Waals surface area contributed by atoms with Gasteiger partial charge in [-0.25, -0.2) is 4.39 Å². The second-order valence-corrected chi connectivity index (χ2v) is 7.33. The number of likely N-dealkylation sites (N-methyl/N-ethyl adjacent to an activating group) is 1. The molecule has 1 atom stereocenters. The molecule has 150 valence electrons. The highest BCUT2D eigenvalue weighted by molar-refractivity contribution is 5.76. The van der Waals surface area contributed by atoms with Gasteiger partial charge in [0.2, 0.25) is 5.91 Å². The van der Waals surface area contributed by atoms with Crippen LogP contribution in [0.25, 0.3) is 0 Å². The van der Waals surface area contributed by atoms with E-state index in [2.05, 4.69) is 46.3 Å². The highest BCUT2D eigenvalue weighted by Gasteiger charge is 2.24. The number of halogens is 1. The van der Waals surface area contributed by atoms with E-state index in [1.807, 2.05) is 12.1 Å². The number of amides is 1. The summed E-state index contributed by atoms with van der Waals surface area (Å²) in [6.45, 7) is 8.02. The molecule has 3 rings (SSSR count). The van der Waals surface area contributed by atoms with Crippen molar-refractivity contribution in [2.24, 2.45) is 0 Å². The second-order valence-electron chi connectivity index (χ2n) is 7.33. The zero-order valence-corrected chi connectivity index (χ0v) is 16.6. The molecule has 0 spiro atoms. The number of aryl methyl sites for hydroxylation is 1. The average Bonchev–Trinajstić information content (AvgIpc) is 2.74. The van der Waals surface area contributed by atoms with Crippen molar-refractivity contribution in [2.75, 3.05) is 39.3 Å². The molecule has 1 N–H and O–H groups in total. The van der Waals surface area contributed by atoms with Crippen molar-refractivity contribution in [3.8, 4) is 0 Å². The Morgan fingerprint density at radius 3 is 2.50 bits per heavy atom. The molecule has 0 aromatic heterocycles.